The van der Waals surface area contributed by atoms with Gasteiger partial charge in [-0.1, -0.05) is 12.1 Å². The zero-order valence-corrected chi connectivity index (χ0v) is 17.7. The Morgan fingerprint density at radius 3 is 2.77 bits per heavy atom. The van der Waals surface area contributed by atoms with Crippen molar-refractivity contribution >= 4 is 28.8 Å². The van der Waals surface area contributed by atoms with E-state index in [-0.39, 0.29) is 11.8 Å². The highest BCUT2D eigenvalue weighted by atomic mass is 32.1. The number of likely N-dealkylation sites (tertiary alicyclic amines) is 1. The Bertz CT molecular complexity index is 1210. The monoisotopic (exact) mass is 430 g/mol. The first-order valence-corrected chi connectivity index (χ1v) is 11.2. The molecular formula is C24H22N4O2S. The van der Waals surface area contributed by atoms with Crippen LogP contribution in [0.3, 0.4) is 0 Å². The lowest BCUT2D eigenvalue weighted by Crippen LogP contribution is -2.28. The molecule has 0 spiro atoms. The second kappa shape index (κ2) is 8.35. The lowest BCUT2D eigenvalue weighted by Gasteiger charge is -2.16. The fraction of sp³-hybridized carbons (Fsp3) is 0.208. The summed E-state index contributed by atoms with van der Waals surface area (Å²) in [6.07, 6.45) is 6.52. The first kappa shape index (κ1) is 19.5. The number of aromatic nitrogens is 2. The molecule has 2 amide bonds. The molecule has 1 aliphatic rings. The molecule has 31 heavy (non-hydrogen) atoms. The van der Waals surface area contributed by atoms with Gasteiger partial charge in [0, 0.05) is 55.1 Å². The predicted octanol–water partition coefficient (Wildman–Crippen LogP) is 3.96. The summed E-state index contributed by atoms with van der Waals surface area (Å²) < 4.78 is 1.93. The summed E-state index contributed by atoms with van der Waals surface area (Å²) in [5, 5.41) is 6.80. The van der Waals surface area contributed by atoms with Crippen LogP contribution >= 0.6 is 11.3 Å². The van der Waals surface area contributed by atoms with Crippen molar-refractivity contribution in [3.05, 3.63) is 94.1 Å². The van der Waals surface area contributed by atoms with E-state index in [2.05, 4.69) is 10.3 Å². The fourth-order valence-electron chi connectivity index (χ4n) is 4.04. The van der Waals surface area contributed by atoms with Crippen LogP contribution in [-0.4, -0.2) is 39.2 Å². The van der Waals surface area contributed by atoms with Crippen molar-refractivity contribution in [2.75, 3.05) is 13.1 Å². The molecule has 0 aliphatic carbocycles. The molecule has 0 radical (unpaired) electrons. The minimum absolute atomic E-state index is 0.101. The van der Waals surface area contributed by atoms with Gasteiger partial charge in [-0.2, -0.15) is 11.3 Å². The van der Waals surface area contributed by atoms with E-state index in [9.17, 15) is 9.59 Å². The number of hydrogen-bond acceptors (Lipinski definition) is 4. The van der Waals surface area contributed by atoms with E-state index in [0.717, 1.165) is 36.3 Å². The van der Waals surface area contributed by atoms with Crippen LogP contribution in [0, 0.1) is 0 Å². The van der Waals surface area contributed by atoms with Gasteiger partial charge in [-0.05, 0) is 53.3 Å². The third kappa shape index (κ3) is 4.09. The van der Waals surface area contributed by atoms with E-state index in [4.69, 9.17) is 0 Å². The number of amides is 2. The van der Waals surface area contributed by atoms with Crippen LogP contribution in [0.1, 0.15) is 44.2 Å². The van der Waals surface area contributed by atoms with Gasteiger partial charge < -0.3 is 14.6 Å². The number of nitrogens with one attached hydrogen (secondary N) is 1. The number of rotatable bonds is 5. The molecule has 7 heteroatoms. The molecule has 1 atom stereocenters. The van der Waals surface area contributed by atoms with Crippen LogP contribution in [0.4, 0.5) is 0 Å². The molecule has 156 valence electrons. The zero-order chi connectivity index (χ0) is 21.2. The largest absolute Gasteiger partial charge is 0.348 e. The zero-order valence-electron chi connectivity index (χ0n) is 16.9. The van der Waals surface area contributed by atoms with Crippen molar-refractivity contribution in [3.63, 3.8) is 0 Å². The van der Waals surface area contributed by atoms with E-state index < -0.39 is 0 Å². The van der Waals surface area contributed by atoms with Crippen LogP contribution < -0.4 is 5.32 Å². The van der Waals surface area contributed by atoms with E-state index in [1.54, 1.807) is 17.5 Å². The minimum Gasteiger partial charge on any atom is -0.348 e. The van der Waals surface area contributed by atoms with E-state index in [0.29, 0.717) is 18.0 Å². The first-order chi connectivity index (χ1) is 15.2. The molecule has 3 aromatic heterocycles. The average Bonchev–Trinajstić information content (AvgIpc) is 3.58. The third-order valence-electron chi connectivity index (χ3n) is 5.80. The Labute approximate surface area is 184 Å². The normalized spacial score (nSPS) is 16.0. The minimum atomic E-state index is -0.101. The fourth-order valence-corrected chi connectivity index (χ4v) is 4.67. The smallest absolute Gasteiger partial charge is 0.254 e. The molecule has 4 aromatic rings. The van der Waals surface area contributed by atoms with Crippen molar-refractivity contribution in [2.24, 2.45) is 0 Å². The van der Waals surface area contributed by atoms with Crippen LogP contribution in [0.25, 0.3) is 5.65 Å². The molecule has 0 bridgehead atoms. The third-order valence-corrected chi connectivity index (χ3v) is 6.49. The van der Waals surface area contributed by atoms with Crippen LogP contribution in [0.2, 0.25) is 0 Å². The number of carbonyl (C=O) groups excluding carboxylic acids is 2. The number of nitrogens with zero attached hydrogens (tertiary/aromatic N) is 3. The maximum Gasteiger partial charge on any atom is 0.254 e. The summed E-state index contributed by atoms with van der Waals surface area (Å²) >= 11 is 1.54. The number of carbonyl (C=O) groups is 2. The standard InChI is InChI=1S/C24H22N4O2S/c29-23(26-14-17-5-9-27-11-8-25-22(27)13-17)19-3-1-18(2-4-19)20-6-10-28(15-20)24(30)21-7-12-31-16-21/h1-5,7-9,11-13,16,20H,6,10,14-15H2,(H,26,29). The van der Waals surface area contributed by atoms with Gasteiger partial charge in [0.25, 0.3) is 11.8 Å². The number of thiophene rings is 1. The molecule has 1 fully saturated rings. The highest BCUT2D eigenvalue weighted by molar-refractivity contribution is 7.08. The molecule has 5 rings (SSSR count). The topological polar surface area (TPSA) is 66.7 Å². The molecule has 1 unspecified atom stereocenters. The Kier molecular flexibility index (Phi) is 5.26. The second-order valence-corrected chi connectivity index (χ2v) is 8.56. The van der Waals surface area contributed by atoms with Crippen LogP contribution in [-0.2, 0) is 6.54 Å². The molecule has 1 aromatic carbocycles. The summed E-state index contributed by atoms with van der Waals surface area (Å²) in [6.45, 7) is 1.94. The Morgan fingerprint density at radius 2 is 1.97 bits per heavy atom. The van der Waals surface area contributed by atoms with Crippen molar-refractivity contribution in [2.45, 2.75) is 18.9 Å². The Balaban J connectivity index is 1.18. The number of imidazole rings is 1. The van der Waals surface area contributed by atoms with Gasteiger partial charge in [-0.3, -0.25) is 9.59 Å². The van der Waals surface area contributed by atoms with E-state index >= 15 is 0 Å². The molecule has 0 saturated carbocycles. The van der Waals surface area contributed by atoms with Crippen LogP contribution in [0.15, 0.2) is 71.8 Å². The summed E-state index contributed by atoms with van der Waals surface area (Å²) in [7, 11) is 0. The van der Waals surface area contributed by atoms with Gasteiger partial charge in [-0.25, -0.2) is 4.98 Å². The summed E-state index contributed by atoms with van der Waals surface area (Å²) in [5.74, 6) is 0.310. The number of fused-ring (bicyclic) bond motifs is 1. The first-order valence-electron chi connectivity index (χ1n) is 10.3. The van der Waals surface area contributed by atoms with Crippen LogP contribution in [0.5, 0.6) is 0 Å². The maximum absolute atomic E-state index is 12.6. The van der Waals surface area contributed by atoms with Gasteiger partial charge >= 0.3 is 0 Å². The number of benzene rings is 1. The van der Waals surface area contributed by atoms with E-state index in [1.165, 1.54) is 5.56 Å². The van der Waals surface area contributed by atoms with Crippen molar-refractivity contribution < 1.29 is 9.59 Å². The molecule has 4 heterocycles. The van der Waals surface area contributed by atoms with Gasteiger partial charge in [0.15, 0.2) is 0 Å². The molecule has 1 aliphatic heterocycles. The Hall–Kier alpha value is -3.45. The summed E-state index contributed by atoms with van der Waals surface area (Å²) in [4.78, 5) is 31.3. The Morgan fingerprint density at radius 1 is 1.10 bits per heavy atom. The molecule has 6 nitrogen and oxygen atoms in total. The molecular weight excluding hydrogens is 408 g/mol. The summed E-state index contributed by atoms with van der Waals surface area (Å²) in [5.41, 5.74) is 4.44. The molecule has 1 saturated heterocycles. The lowest BCUT2D eigenvalue weighted by molar-refractivity contribution is 0.0791. The van der Waals surface area contributed by atoms with Gasteiger partial charge in [0.05, 0.1) is 5.56 Å². The number of pyridine rings is 1. The quantitative estimate of drug-likeness (QED) is 0.521. The van der Waals surface area contributed by atoms with E-state index in [1.807, 2.05) is 74.9 Å². The van der Waals surface area contributed by atoms with Crippen molar-refractivity contribution in [1.82, 2.24) is 19.6 Å². The van der Waals surface area contributed by atoms with Crippen molar-refractivity contribution in [1.29, 1.82) is 0 Å². The van der Waals surface area contributed by atoms with Crippen molar-refractivity contribution in [3.8, 4) is 0 Å². The molecule has 1 N–H and O–H groups in total. The maximum atomic E-state index is 12.6. The summed E-state index contributed by atoms with van der Waals surface area (Å²) in [6, 6.07) is 13.6. The average molecular weight is 431 g/mol. The van der Waals surface area contributed by atoms with Gasteiger partial charge in [0.2, 0.25) is 0 Å². The van der Waals surface area contributed by atoms with Gasteiger partial charge in [-0.15, -0.1) is 0 Å². The lowest BCUT2D eigenvalue weighted by atomic mass is 9.97. The predicted molar refractivity (Wildman–Crippen MR) is 120 cm³/mol. The number of hydrogen-bond donors (Lipinski definition) is 1. The highest BCUT2D eigenvalue weighted by Crippen LogP contribution is 2.28. The van der Waals surface area contributed by atoms with Gasteiger partial charge in [0.1, 0.15) is 5.65 Å². The SMILES string of the molecule is O=C(NCc1ccn2ccnc2c1)c1ccc(C2CCN(C(=O)c3ccsc3)C2)cc1. The second-order valence-electron chi connectivity index (χ2n) is 7.78. The highest BCUT2D eigenvalue weighted by Gasteiger charge is 2.28.